The molecule has 0 aromatic carbocycles. The molecule has 2 aliphatic rings. The van der Waals surface area contributed by atoms with Gasteiger partial charge in [-0.3, -0.25) is 5.10 Å². The van der Waals surface area contributed by atoms with Crippen molar-refractivity contribution in [2.75, 3.05) is 11.6 Å². The number of hydrogen-bond acceptors (Lipinski definition) is 5. The summed E-state index contributed by atoms with van der Waals surface area (Å²) in [7, 11) is 0. The van der Waals surface area contributed by atoms with Crippen LogP contribution in [0.2, 0.25) is 5.02 Å². The van der Waals surface area contributed by atoms with Gasteiger partial charge in [-0.1, -0.05) is 23.8 Å². The highest BCUT2D eigenvalue weighted by Crippen LogP contribution is 2.40. The summed E-state index contributed by atoms with van der Waals surface area (Å²) in [5.41, 5.74) is 2.31. The van der Waals surface area contributed by atoms with Crippen LogP contribution in [0.25, 0.3) is 5.57 Å². The highest BCUT2D eigenvalue weighted by Gasteiger charge is 2.25. The van der Waals surface area contributed by atoms with E-state index in [1.54, 1.807) is 18.0 Å². The van der Waals surface area contributed by atoms with Crippen LogP contribution in [0.1, 0.15) is 43.1 Å². The maximum absolute atomic E-state index is 6.25. The second-order valence-corrected chi connectivity index (χ2v) is 7.37. The number of rotatable bonds is 5. The van der Waals surface area contributed by atoms with Crippen LogP contribution in [0.5, 0.6) is 0 Å². The van der Waals surface area contributed by atoms with E-state index in [2.05, 4.69) is 43.9 Å². The molecule has 0 atom stereocenters. The van der Waals surface area contributed by atoms with E-state index >= 15 is 0 Å². The average molecular weight is 360 g/mol. The Kier molecular flexibility index (Phi) is 4.33. The molecule has 1 saturated carbocycles. The molecule has 2 N–H and O–H groups in total. The fraction of sp³-hybridized carbons (Fsp3) is 0.353. The van der Waals surface area contributed by atoms with Crippen molar-refractivity contribution in [1.82, 2.24) is 20.2 Å². The molecule has 5 nitrogen and oxygen atoms in total. The van der Waals surface area contributed by atoms with Crippen molar-refractivity contribution in [1.29, 1.82) is 0 Å². The Labute approximate surface area is 150 Å². The fourth-order valence-electron chi connectivity index (χ4n) is 2.71. The van der Waals surface area contributed by atoms with Crippen LogP contribution >= 0.6 is 23.4 Å². The van der Waals surface area contributed by atoms with Crippen LogP contribution in [0.4, 0.5) is 11.6 Å². The molecule has 2 heterocycles. The minimum Gasteiger partial charge on any atom is -0.322 e. The Morgan fingerprint density at radius 2 is 2.17 bits per heavy atom. The SMILES string of the molecule is CSC1=CC=C(c2ncc(Cl)c(Nc3cc(C4CC4)[nH]n3)n2)CC1. The van der Waals surface area contributed by atoms with Gasteiger partial charge < -0.3 is 5.32 Å². The van der Waals surface area contributed by atoms with Crippen LogP contribution in [0.15, 0.2) is 29.3 Å². The molecule has 24 heavy (non-hydrogen) atoms. The van der Waals surface area contributed by atoms with Crippen LogP contribution in [-0.4, -0.2) is 26.4 Å². The number of H-pyrrole nitrogens is 1. The van der Waals surface area contributed by atoms with E-state index in [4.69, 9.17) is 11.6 Å². The quantitative estimate of drug-likeness (QED) is 0.794. The van der Waals surface area contributed by atoms with Crippen LogP contribution in [0.3, 0.4) is 0 Å². The van der Waals surface area contributed by atoms with Gasteiger partial charge in [0.25, 0.3) is 0 Å². The Bertz CT molecular complexity index is 822. The predicted molar refractivity (Wildman–Crippen MR) is 99.7 cm³/mol. The van der Waals surface area contributed by atoms with Gasteiger partial charge in [-0.25, -0.2) is 9.97 Å². The first kappa shape index (κ1) is 15.7. The summed E-state index contributed by atoms with van der Waals surface area (Å²) in [6.07, 6.45) is 12.4. The van der Waals surface area contributed by atoms with E-state index in [0.717, 1.165) is 30.1 Å². The van der Waals surface area contributed by atoms with Crippen molar-refractivity contribution in [3.8, 4) is 0 Å². The molecular formula is C17H18ClN5S. The number of hydrogen-bond donors (Lipinski definition) is 2. The molecule has 2 aromatic heterocycles. The lowest BCUT2D eigenvalue weighted by molar-refractivity contribution is 0.965. The zero-order chi connectivity index (χ0) is 16.5. The molecule has 0 spiro atoms. The standard InChI is InChI=1S/C17H18ClN5S/c1-24-12-6-4-11(5-7-12)16-19-9-13(18)17(21-16)20-15-8-14(22-23-15)10-2-3-10/h4,6,8-10H,2-3,5,7H2,1H3,(H2,19,20,21,22,23). The van der Waals surface area contributed by atoms with Crippen LogP contribution < -0.4 is 5.32 Å². The van der Waals surface area contributed by atoms with Gasteiger partial charge in [0, 0.05) is 17.7 Å². The van der Waals surface area contributed by atoms with Gasteiger partial charge >= 0.3 is 0 Å². The molecule has 0 saturated heterocycles. The molecule has 7 heteroatoms. The van der Waals surface area contributed by atoms with Gasteiger partial charge in [0.2, 0.25) is 0 Å². The number of allylic oxidation sites excluding steroid dienone is 4. The summed E-state index contributed by atoms with van der Waals surface area (Å²) in [6.45, 7) is 0. The first-order valence-corrected chi connectivity index (χ1v) is 9.62. The number of nitrogens with one attached hydrogen (secondary N) is 2. The normalized spacial score (nSPS) is 17.4. The van der Waals surface area contributed by atoms with E-state index in [-0.39, 0.29) is 0 Å². The first-order valence-electron chi connectivity index (χ1n) is 8.02. The lowest BCUT2D eigenvalue weighted by atomic mass is 10.0. The number of halogens is 1. The third kappa shape index (κ3) is 3.35. The van der Waals surface area contributed by atoms with Crippen molar-refractivity contribution < 1.29 is 0 Å². The Hall–Kier alpha value is -1.79. The van der Waals surface area contributed by atoms with Gasteiger partial charge in [0.15, 0.2) is 17.5 Å². The van der Waals surface area contributed by atoms with E-state index in [1.807, 2.05) is 6.07 Å². The van der Waals surface area contributed by atoms with Crippen molar-refractivity contribution in [2.24, 2.45) is 0 Å². The first-order chi connectivity index (χ1) is 11.7. The Morgan fingerprint density at radius 1 is 1.29 bits per heavy atom. The highest BCUT2D eigenvalue weighted by molar-refractivity contribution is 8.02. The zero-order valence-electron chi connectivity index (χ0n) is 13.3. The third-order valence-corrected chi connectivity index (χ3v) is 5.41. The summed E-state index contributed by atoms with van der Waals surface area (Å²) >= 11 is 8.04. The van der Waals surface area contributed by atoms with Gasteiger partial charge in [-0.05, 0) is 42.4 Å². The molecule has 1 fully saturated rings. The molecule has 2 aliphatic carbocycles. The summed E-state index contributed by atoms with van der Waals surface area (Å²) in [6, 6.07) is 2.03. The van der Waals surface area contributed by atoms with Gasteiger partial charge in [-0.2, -0.15) is 5.10 Å². The number of aromatic nitrogens is 4. The highest BCUT2D eigenvalue weighted by atomic mass is 35.5. The maximum Gasteiger partial charge on any atom is 0.157 e. The number of aromatic amines is 1. The second kappa shape index (κ2) is 6.61. The topological polar surface area (TPSA) is 66.5 Å². The zero-order valence-corrected chi connectivity index (χ0v) is 14.9. The fourth-order valence-corrected chi connectivity index (χ4v) is 3.36. The van der Waals surface area contributed by atoms with Gasteiger partial charge in [0.05, 0.1) is 6.20 Å². The second-order valence-electron chi connectivity index (χ2n) is 6.03. The number of thioether (sulfide) groups is 1. The molecule has 0 unspecified atom stereocenters. The van der Waals surface area contributed by atoms with E-state index < -0.39 is 0 Å². The van der Waals surface area contributed by atoms with Crippen LogP contribution in [-0.2, 0) is 0 Å². The largest absolute Gasteiger partial charge is 0.322 e. The predicted octanol–water partition coefficient (Wildman–Crippen LogP) is 4.90. The van der Waals surface area contributed by atoms with Crippen molar-refractivity contribution in [2.45, 2.75) is 31.6 Å². The molecule has 0 aliphatic heterocycles. The molecule has 0 radical (unpaired) electrons. The smallest absolute Gasteiger partial charge is 0.157 e. The average Bonchev–Trinajstić information content (AvgIpc) is 3.36. The minimum atomic E-state index is 0.492. The molecule has 4 rings (SSSR count). The van der Waals surface area contributed by atoms with E-state index in [9.17, 15) is 0 Å². The van der Waals surface area contributed by atoms with E-state index in [0.29, 0.717) is 16.8 Å². The van der Waals surface area contributed by atoms with Crippen molar-refractivity contribution in [3.05, 3.63) is 45.9 Å². The summed E-state index contributed by atoms with van der Waals surface area (Å²) in [5, 5.41) is 11.1. The Morgan fingerprint density at radius 3 is 2.88 bits per heavy atom. The molecule has 2 aromatic rings. The molecular weight excluding hydrogens is 342 g/mol. The molecule has 0 amide bonds. The summed E-state index contributed by atoms with van der Waals surface area (Å²) in [5.74, 6) is 2.69. The molecule has 0 bridgehead atoms. The van der Waals surface area contributed by atoms with Gasteiger partial charge in [0.1, 0.15) is 5.02 Å². The lowest BCUT2D eigenvalue weighted by Gasteiger charge is -2.13. The third-order valence-electron chi connectivity index (χ3n) is 4.27. The van der Waals surface area contributed by atoms with Crippen molar-refractivity contribution >= 4 is 40.6 Å². The summed E-state index contributed by atoms with van der Waals surface area (Å²) in [4.78, 5) is 10.4. The number of nitrogens with zero attached hydrogens (tertiary/aromatic N) is 3. The lowest BCUT2D eigenvalue weighted by Crippen LogP contribution is -2.02. The summed E-state index contributed by atoms with van der Waals surface area (Å²) < 4.78 is 0. The number of anilines is 2. The van der Waals surface area contributed by atoms with Gasteiger partial charge in [-0.15, -0.1) is 11.8 Å². The monoisotopic (exact) mass is 359 g/mol. The maximum atomic E-state index is 6.25. The van der Waals surface area contributed by atoms with Crippen LogP contribution in [0, 0.1) is 0 Å². The van der Waals surface area contributed by atoms with Crippen molar-refractivity contribution in [3.63, 3.8) is 0 Å². The Balaban J connectivity index is 1.56. The van der Waals surface area contributed by atoms with E-state index in [1.165, 1.54) is 23.4 Å². The minimum absolute atomic E-state index is 0.492. The molecule has 124 valence electrons.